The summed E-state index contributed by atoms with van der Waals surface area (Å²) in [4.78, 5) is 29.1. The number of carbonyl (C=O) groups excluding carboxylic acids is 1. The van der Waals surface area contributed by atoms with Gasteiger partial charge in [-0.25, -0.2) is 5.01 Å². The molecule has 0 radical (unpaired) electrons. The van der Waals surface area contributed by atoms with Gasteiger partial charge in [-0.05, 0) is 36.8 Å². The number of nitrogens with one attached hydrogen (secondary N) is 1. The summed E-state index contributed by atoms with van der Waals surface area (Å²) in [7, 11) is 0. The molecular weight excluding hydrogens is 462 g/mol. The number of hydrogen-bond acceptors (Lipinski definition) is 4. The van der Waals surface area contributed by atoms with Crippen molar-refractivity contribution in [2.75, 3.05) is 6.61 Å². The highest BCUT2D eigenvalue weighted by Crippen LogP contribution is 2.40. The maximum absolute atomic E-state index is 13.5. The normalized spacial score (nSPS) is 15.3. The number of amides is 1. The molecule has 1 aliphatic heterocycles. The lowest BCUT2D eigenvalue weighted by atomic mass is 9.91. The van der Waals surface area contributed by atoms with Crippen LogP contribution < -0.4 is 10.3 Å². The van der Waals surface area contributed by atoms with Gasteiger partial charge in [0.15, 0.2) is 0 Å². The van der Waals surface area contributed by atoms with E-state index in [4.69, 9.17) is 16.3 Å². The van der Waals surface area contributed by atoms with E-state index in [-0.39, 0.29) is 17.5 Å². The lowest BCUT2D eigenvalue weighted by molar-refractivity contribution is -0.130. The number of para-hydroxylation sites is 1. The quantitative estimate of drug-likeness (QED) is 0.380. The first kappa shape index (κ1) is 22.9. The van der Waals surface area contributed by atoms with Crippen LogP contribution in [0.1, 0.15) is 37.4 Å². The van der Waals surface area contributed by atoms with Crippen molar-refractivity contribution < 1.29 is 9.53 Å². The zero-order valence-corrected chi connectivity index (χ0v) is 20.2. The van der Waals surface area contributed by atoms with Crippen molar-refractivity contribution in [1.29, 1.82) is 0 Å². The van der Waals surface area contributed by atoms with Gasteiger partial charge < -0.3 is 9.72 Å². The van der Waals surface area contributed by atoms with Crippen molar-refractivity contribution in [2.45, 2.75) is 26.3 Å². The fraction of sp³-hybridized carbons (Fsp3) is 0.179. The lowest BCUT2D eigenvalue weighted by Gasteiger charge is -2.22. The second-order valence-electron chi connectivity index (χ2n) is 8.36. The number of pyridine rings is 1. The van der Waals surface area contributed by atoms with Crippen molar-refractivity contribution in [3.63, 3.8) is 0 Å². The van der Waals surface area contributed by atoms with E-state index in [0.29, 0.717) is 40.6 Å². The molecule has 0 saturated heterocycles. The van der Waals surface area contributed by atoms with Gasteiger partial charge in [0.05, 0.1) is 23.9 Å². The fourth-order valence-corrected chi connectivity index (χ4v) is 4.85. The summed E-state index contributed by atoms with van der Waals surface area (Å²) in [5, 5.41) is 7.51. The highest BCUT2D eigenvalue weighted by molar-refractivity contribution is 6.31. The van der Waals surface area contributed by atoms with Gasteiger partial charge in [-0.2, -0.15) is 5.10 Å². The van der Waals surface area contributed by atoms with Crippen LogP contribution in [-0.2, 0) is 4.79 Å². The average Bonchev–Trinajstić information content (AvgIpc) is 3.30. The fourth-order valence-electron chi connectivity index (χ4n) is 4.68. The van der Waals surface area contributed by atoms with Crippen molar-refractivity contribution in [1.82, 2.24) is 9.99 Å². The first-order valence-corrected chi connectivity index (χ1v) is 11.9. The van der Waals surface area contributed by atoms with Crippen LogP contribution in [0.3, 0.4) is 0 Å². The number of hydrazone groups is 1. The molecular formula is C28H24ClN3O3. The maximum Gasteiger partial charge on any atom is 0.258 e. The Bertz CT molecular complexity index is 1510. The van der Waals surface area contributed by atoms with Crippen LogP contribution >= 0.6 is 11.6 Å². The summed E-state index contributed by atoms with van der Waals surface area (Å²) in [5.74, 6) is 0.489. The third kappa shape index (κ3) is 4.21. The summed E-state index contributed by atoms with van der Waals surface area (Å²) in [6.07, 6.45) is 0.374. The molecule has 35 heavy (non-hydrogen) atoms. The zero-order valence-electron chi connectivity index (χ0n) is 19.4. The van der Waals surface area contributed by atoms with Crippen molar-refractivity contribution in [3.8, 4) is 16.9 Å². The molecule has 0 saturated carbocycles. The number of H-pyrrole nitrogens is 1. The third-order valence-electron chi connectivity index (χ3n) is 6.14. The predicted molar refractivity (Wildman–Crippen MR) is 139 cm³/mol. The van der Waals surface area contributed by atoms with Crippen LogP contribution in [0.4, 0.5) is 0 Å². The molecule has 0 spiro atoms. The molecule has 1 aliphatic rings. The standard InChI is InChI=1S/C28H24ClN3O3/c1-3-35-25-12-8-7-11-20(25)24-16-23(31-32(24)17(2)33)27-26(18-9-5-4-6-10-18)21-15-19(29)13-14-22(21)30-28(27)34/h4-15,24H,3,16H2,1-2H3,(H,30,34)/t24-/m1/s1. The topological polar surface area (TPSA) is 74.8 Å². The summed E-state index contributed by atoms with van der Waals surface area (Å²) in [6, 6.07) is 22.3. The summed E-state index contributed by atoms with van der Waals surface area (Å²) in [5.41, 5.74) is 3.86. The SMILES string of the molecule is CCOc1ccccc1[C@H]1CC(c2c(-c3ccccc3)c3cc(Cl)ccc3[nH]c2=O)=NN1C(C)=O. The number of aromatic amines is 1. The van der Waals surface area contributed by atoms with Gasteiger partial charge in [-0.1, -0.05) is 60.1 Å². The molecule has 176 valence electrons. The Hall–Kier alpha value is -3.90. The summed E-state index contributed by atoms with van der Waals surface area (Å²) in [6.45, 7) is 3.90. The van der Waals surface area contributed by atoms with E-state index in [1.807, 2.05) is 67.6 Å². The molecule has 0 aliphatic carbocycles. The van der Waals surface area contributed by atoms with Crippen molar-refractivity contribution >= 4 is 34.1 Å². The molecule has 7 heteroatoms. The van der Waals surface area contributed by atoms with Gasteiger partial charge in [0.2, 0.25) is 5.91 Å². The predicted octanol–water partition coefficient (Wildman–Crippen LogP) is 5.94. The van der Waals surface area contributed by atoms with Gasteiger partial charge in [0, 0.05) is 40.4 Å². The number of carbonyl (C=O) groups is 1. The number of ether oxygens (including phenoxy) is 1. The van der Waals surface area contributed by atoms with Crippen LogP contribution in [0.15, 0.2) is 82.7 Å². The second-order valence-corrected chi connectivity index (χ2v) is 8.80. The maximum atomic E-state index is 13.5. The Morgan fingerprint density at radius 2 is 1.83 bits per heavy atom. The van der Waals surface area contributed by atoms with E-state index in [1.54, 1.807) is 12.1 Å². The van der Waals surface area contributed by atoms with Gasteiger partial charge >= 0.3 is 0 Å². The van der Waals surface area contributed by atoms with Crippen LogP contribution in [0.2, 0.25) is 5.02 Å². The first-order valence-electron chi connectivity index (χ1n) is 11.5. The molecule has 1 aromatic heterocycles. The molecule has 0 fully saturated rings. The molecule has 6 nitrogen and oxygen atoms in total. The van der Waals surface area contributed by atoms with Gasteiger partial charge in [-0.3, -0.25) is 9.59 Å². The largest absolute Gasteiger partial charge is 0.494 e. The molecule has 0 bridgehead atoms. The molecule has 5 rings (SSSR count). The summed E-state index contributed by atoms with van der Waals surface area (Å²) >= 11 is 6.36. The molecule has 4 aromatic rings. The number of hydrogen-bond donors (Lipinski definition) is 1. The minimum absolute atomic E-state index is 0.210. The molecule has 0 unspecified atom stereocenters. The summed E-state index contributed by atoms with van der Waals surface area (Å²) < 4.78 is 5.83. The Morgan fingerprint density at radius 3 is 2.57 bits per heavy atom. The molecule has 2 heterocycles. The van der Waals surface area contributed by atoms with Crippen LogP contribution in [0.25, 0.3) is 22.0 Å². The van der Waals surface area contributed by atoms with Gasteiger partial charge in [0.25, 0.3) is 5.56 Å². The molecule has 1 N–H and O–H groups in total. The highest BCUT2D eigenvalue weighted by Gasteiger charge is 2.35. The highest BCUT2D eigenvalue weighted by atomic mass is 35.5. The Labute approximate surface area is 207 Å². The third-order valence-corrected chi connectivity index (χ3v) is 6.37. The molecule has 1 atom stereocenters. The van der Waals surface area contributed by atoms with Crippen LogP contribution in [0, 0.1) is 0 Å². The van der Waals surface area contributed by atoms with Crippen molar-refractivity contribution in [2.24, 2.45) is 5.10 Å². The van der Waals surface area contributed by atoms with E-state index < -0.39 is 0 Å². The number of aromatic nitrogens is 1. The van der Waals surface area contributed by atoms with E-state index in [2.05, 4.69) is 10.1 Å². The second kappa shape index (κ2) is 9.39. The minimum Gasteiger partial charge on any atom is -0.494 e. The Morgan fingerprint density at radius 1 is 1.09 bits per heavy atom. The van der Waals surface area contributed by atoms with E-state index in [9.17, 15) is 9.59 Å². The molecule has 1 amide bonds. The van der Waals surface area contributed by atoms with Crippen LogP contribution in [0.5, 0.6) is 5.75 Å². The molecule has 3 aromatic carbocycles. The number of benzene rings is 3. The van der Waals surface area contributed by atoms with E-state index in [0.717, 1.165) is 22.1 Å². The van der Waals surface area contributed by atoms with Crippen LogP contribution in [-0.4, -0.2) is 28.2 Å². The first-order chi connectivity index (χ1) is 17.0. The average molecular weight is 486 g/mol. The van der Waals surface area contributed by atoms with Crippen molar-refractivity contribution in [3.05, 3.63) is 99.3 Å². The van der Waals surface area contributed by atoms with Gasteiger partial charge in [0.1, 0.15) is 5.75 Å². The number of fused-ring (bicyclic) bond motifs is 1. The number of rotatable bonds is 5. The smallest absolute Gasteiger partial charge is 0.258 e. The lowest BCUT2D eigenvalue weighted by Crippen LogP contribution is -2.24. The monoisotopic (exact) mass is 485 g/mol. The number of nitrogens with zero attached hydrogens (tertiary/aromatic N) is 2. The number of halogens is 1. The minimum atomic E-state index is -0.386. The van der Waals surface area contributed by atoms with E-state index >= 15 is 0 Å². The zero-order chi connectivity index (χ0) is 24.5. The Kier molecular flexibility index (Phi) is 6.14. The van der Waals surface area contributed by atoms with Gasteiger partial charge in [-0.15, -0.1) is 0 Å². The van der Waals surface area contributed by atoms with E-state index in [1.165, 1.54) is 11.9 Å². The Balaban J connectivity index is 1.73.